The summed E-state index contributed by atoms with van der Waals surface area (Å²) in [6, 6.07) is 10.3. The third-order valence-corrected chi connectivity index (χ3v) is 6.83. The van der Waals surface area contributed by atoms with E-state index in [1.165, 1.54) is 24.1 Å². The van der Waals surface area contributed by atoms with E-state index in [0.717, 1.165) is 50.2 Å². The van der Waals surface area contributed by atoms with Crippen LogP contribution in [0.4, 0.5) is 0 Å². The van der Waals surface area contributed by atoms with Gasteiger partial charge in [0.2, 0.25) is 0 Å². The van der Waals surface area contributed by atoms with Gasteiger partial charge in [-0.3, -0.25) is 19.1 Å². The first kappa shape index (κ1) is 21.1. The first-order chi connectivity index (χ1) is 15.7. The van der Waals surface area contributed by atoms with Gasteiger partial charge >= 0.3 is 0 Å². The van der Waals surface area contributed by atoms with Crippen LogP contribution < -0.4 is 5.32 Å². The molecule has 1 amide bonds. The van der Waals surface area contributed by atoms with Crippen molar-refractivity contribution in [3.63, 3.8) is 0 Å². The van der Waals surface area contributed by atoms with Crippen LogP contribution in [0, 0.1) is 0 Å². The maximum absolute atomic E-state index is 13.2. The van der Waals surface area contributed by atoms with E-state index < -0.39 is 0 Å². The Morgan fingerprint density at radius 1 is 1.19 bits per heavy atom. The van der Waals surface area contributed by atoms with E-state index in [-0.39, 0.29) is 11.9 Å². The van der Waals surface area contributed by atoms with Crippen molar-refractivity contribution in [3.05, 3.63) is 65.4 Å². The van der Waals surface area contributed by atoms with Crippen LogP contribution in [0.15, 0.2) is 42.7 Å². The summed E-state index contributed by atoms with van der Waals surface area (Å²) in [5, 5.41) is 3.14. The summed E-state index contributed by atoms with van der Waals surface area (Å²) in [7, 11) is 2.12. The van der Waals surface area contributed by atoms with E-state index in [9.17, 15) is 4.79 Å². The molecule has 3 aromatic rings. The fraction of sp³-hybridized carbons (Fsp3) is 0.480. The van der Waals surface area contributed by atoms with Gasteiger partial charge in [0.25, 0.3) is 5.91 Å². The first-order valence-corrected chi connectivity index (χ1v) is 11.8. The minimum Gasteiger partial charge on any atom is -0.349 e. The number of likely N-dealkylation sites (tertiary alicyclic amines) is 1. The van der Waals surface area contributed by atoms with E-state index in [0.29, 0.717) is 18.8 Å². The second-order valence-electron chi connectivity index (χ2n) is 9.01. The van der Waals surface area contributed by atoms with Gasteiger partial charge in [-0.1, -0.05) is 12.1 Å². The number of amides is 1. The highest BCUT2D eigenvalue weighted by atomic mass is 16.2. The summed E-state index contributed by atoms with van der Waals surface area (Å²) in [4.78, 5) is 27.5. The molecule has 5 rings (SSSR count). The average Bonchev–Trinajstić information content (AvgIpc) is 3.46. The zero-order valence-corrected chi connectivity index (χ0v) is 18.8. The minimum absolute atomic E-state index is 0.0477. The molecule has 1 fully saturated rings. The van der Waals surface area contributed by atoms with Crippen molar-refractivity contribution in [1.29, 1.82) is 0 Å². The van der Waals surface area contributed by atoms with Crippen LogP contribution >= 0.6 is 0 Å². The Morgan fingerprint density at radius 2 is 2.06 bits per heavy atom. The molecule has 1 atom stereocenters. The molecule has 0 aromatic carbocycles. The topological polar surface area (TPSA) is 65.8 Å². The van der Waals surface area contributed by atoms with Crippen molar-refractivity contribution in [2.24, 2.45) is 0 Å². The molecule has 7 heteroatoms. The Hall–Kier alpha value is -2.77. The molecule has 1 N–H and O–H groups in total. The van der Waals surface area contributed by atoms with Crippen LogP contribution in [0.2, 0.25) is 0 Å². The van der Waals surface area contributed by atoms with E-state index in [1.807, 2.05) is 41.1 Å². The van der Waals surface area contributed by atoms with E-state index in [1.54, 1.807) is 0 Å². The van der Waals surface area contributed by atoms with Gasteiger partial charge < -0.3 is 10.2 Å². The van der Waals surface area contributed by atoms with Gasteiger partial charge in [0, 0.05) is 32.0 Å². The first-order valence-electron chi connectivity index (χ1n) is 11.8. The standard InChI is InChI=1S/C25H32N6O/c1-29(21-10-6-8-19-9-7-12-26-23(19)21)18-20-24(31-16-3-2-11-22(31)28-20)25(32)27-13-17-30-14-4-5-15-30/h2-3,7,9,11-12,16,21H,4-6,8,10,13-15,17-18H2,1H3,(H,27,32). The van der Waals surface area contributed by atoms with Gasteiger partial charge in [-0.15, -0.1) is 0 Å². The third kappa shape index (κ3) is 4.27. The summed E-state index contributed by atoms with van der Waals surface area (Å²) < 4.78 is 1.92. The van der Waals surface area contributed by atoms with Gasteiger partial charge in [-0.2, -0.15) is 0 Å². The number of rotatable bonds is 7. The summed E-state index contributed by atoms with van der Waals surface area (Å²) in [6.45, 7) is 4.45. The maximum atomic E-state index is 13.2. The Balaban J connectivity index is 1.36. The number of fused-ring (bicyclic) bond motifs is 2. The molecule has 1 aliphatic heterocycles. The quantitative estimate of drug-likeness (QED) is 0.622. The molecule has 7 nitrogen and oxygen atoms in total. The molecule has 0 radical (unpaired) electrons. The number of imidazole rings is 1. The normalized spacial score (nSPS) is 18.9. The number of hydrogen-bond donors (Lipinski definition) is 1. The van der Waals surface area contributed by atoms with Gasteiger partial charge in [0.1, 0.15) is 11.3 Å². The molecule has 0 saturated carbocycles. The smallest absolute Gasteiger partial charge is 0.270 e. The Labute approximate surface area is 189 Å². The van der Waals surface area contributed by atoms with Crippen molar-refractivity contribution in [2.75, 3.05) is 33.2 Å². The highest BCUT2D eigenvalue weighted by molar-refractivity contribution is 5.94. The average molecular weight is 433 g/mol. The second-order valence-corrected chi connectivity index (χ2v) is 9.01. The third-order valence-electron chi connectivity index (χ3n) is 6.83. The lowest BCUT2D eigenvalue weighted by atomic mass is 9.91. The van der Waals surface area contributed by atoms with Gasteiger partial charge in [0.15, 0.2) is 0 Å². The minimum atomic E-state index is -0.0477. The van der Waals surface area contributed by atoms with Crippen molar-refractivity contribution >= 4 is 11.6 Å². The van der Waals surface area contributed by atoms with E-state index >= 15 is 0 Å². The van der Waals surface area contributed by atoms with Crippen molar-refractivity contribution in [3.8, 4) is 0 Å². The number of pyridine rings is 2. The lowest BCUT2D eigenvalue weighted by molar-refractivity contribution is 0.0941. The predicted octanol–water partition coefficient (Wildman–Crippen LogP) is 3.06. The number of carbonyl (C=O) groups is 1. The zero-order chi connectivity index (χ0) is 21.9. The zero-order valence-electron chi connectivity index (χ0n) is 18.8. The summed E-state index contributed by atoms with van der Waals surface area (Å²) in [6.07, 6.45) is 9.65. The van der Waals surface area contributed by atoms with Crippen molar-refractivity contribution in [2.45, 2.75) is 44.7 Å². The lowest BCUT2D eigenvalue weighted by Crippen LogP contribution is -2.35. The molecule has 32 heavy (non-hydrogen) atoms. The molecular formula is C25H32N6O. The predicted molar refractivity (Wildman–Crippen MR) is 125 cm³/mol. The molecule has 1 unspecified atom stereocenters. The largest absolute Gasteiger partial charge is 0.349 e. The highest BCUT2D eigenvalue weighted by Gasteiger charge is 2.27. The van der Waals surface area contributed by atoms with Crippen molar-refractivity contribution < 1.29 is 4.79 Å². The second kappa shape index (κ2) is 9.38. The maximum Gasteiger partial charge on any atom is 0.270 e. The molecule has 4 heterocycles. The van der Waals surface area contributed by atoms with Crippen molar-refractivity contribution in [1.82, 2.24) is 29.5 Å². The Kier molecular flexibility index (Phi) is 6.19. The van der Waals surface area contributed by atoms with E-state index in [4.69, 9.17) is 9.97 Å². The number of nitrogens with one attached hydrogen (secondary N) is 1. The van der Waals surface area contributed by atoms with Gasteiger partial charge in [-0.05, 0) is 76.0 Å². The number of aromatic nitrogens is 3. The lowest BCUT2D eigenvalue weighted by Gasteiger charge is -2.32. The molecule has 0 bridgehead atoms. The van der Waals surface area contributed by atoms with Crippen LogP contribution in [-0.2, 0) is 13.0 Å². The fourth-order valence-electron chi connectivity index (χ4n) is 5.17. The molecule has 0 spiro atoms. The molecule has 1 saturated heterocycles. The molecule has 1 aliphatic carbocycles. The molecule has 2 aliphatic rings. The summed E-state index contributed by atoms with van der Waals surface area (Å²) >= 11 is 0. The van der Waals surface area contributed by atoms with Crippen LogP contribution in [0.5, 0.6) is 0 Å². The van der Waals surface area contributed by atoms with E-state index in [2.05, 4.69) is 28.2 Å². The number of nitrogens with zero attached hydrogens (tertiary/aromatic N) is 5. The van der Waals surface area contributed by atoms with Gasteiger partial charge in [0.05, 0.1) is 17.4 Å². The van der Waals surface area contributed by atoms with Crippen LogP contribution in [-0.4, -0.2) is 63.3 Å². The van der Waals surface area contributed by atoms with Crippen LogP contribution in [0.25, 0.3) is 5.65 Å². The monoisotopic (exact) mass is 432 g/mol. The molecule has 3 aromatic heterocycles. The highest BCUT2D eigenvalue weighted by Crippen LogP contribution is 2.33. The van der Waals surface area contributed by atoms with Crippen LogP contribution in [0.3, 0.4) is 0 Å². The summed E-state index contributed by atoms with van der Waals surface area (Å²) in [5.74, 6) is -0.0477. The van der Waals surface area contributed by atoms with Crippen LogP contribution in [0.1, 0.15) is 59.2 Å². The Bertz CT molecular complexity index is 1090. The summed E-state index contributed by atoms with van der Waals surface area (Å²) in [5.41, 5.74) is 4.78. The number of hydrogen-bond acceptors (Lipinski definition) is 5. The number of aryl methyl sites for hydroxylation is 1. The Morgan fingerprint density at radius 3 is 2.94 bits per heavy atom. The SMILES string of the molecule is CN(Cc1nc2ccccn2c1C(=O)NCCN1CCCC1)C1CCCc2cccnc21. The fourth-order valence-corrected chi connectivity index (χ4v) is 5.17. The molecular weight excluding hydrogens is 400 g/mol. The van der Waals surface area contributed by atoms with Gasteiger partial charge in [-0.25, -0.2) is 4.98 Å². The molecule has 168 valence electrons. The number of carbonyl (C=O) groups excluding carboxylic acids is 1.